The number of hydrogen-bond donors (Lipinski definition) is 1. The lowest BCUT2D eigenvalue weighted by Gasteiger charge is -2.24. The normalized spacial score (nSPS) is 11.7. The average molecular weight is 281 g/mol. The summed E-state index contributed by atoms with van der Waals surface area (Å²) in [5.74, 6) is 2.95. The fraction of sp³-hybridized carbons (Fsp3) is 0.688. The number of carbonyl (C=O) groups excluding carboxylic acids is 1. The molecule has 0 atom stereocenters. The SMILES string of the molecule is COC(=O)c1cc(CNCC(C(C)C)C(C)C)oc1C. The zero-order chi connectivity index (χ0) is 15.3. The van der Waals surface area contributed by atoms with E-state index in [-0.39, 0.29) is 5.97 Å². The highest BCUT2D eigenvalue weighted by molar-refractivity contribution is 5.90. The molecule has 1 aromatic rings. The fourth-order valence-electron chi connectivity index (χ4n) is 2.55. The smallest absolute Gasteiger partial charge is 0.341 e. The van der Waals surface area contributed by atoms with Crippen molar-refractivity contribution in [3.8, 4) is 0 Å². The van der Waals surface area contributed by atoms with Gasteiger partial charge in [0.25, 0.3) is 0 Å². The third-order valence-electron chi connectivity index (χ3n) is 3.77. The van der Waals surface area contributed by atoms with Crippen LogP contribution in [-0.2, 0) is 11.3 Å². The molecular formula is C16H27NO3. The third-order valence-corrected chi connectivity index (χ3v) is 3.77. The number of ether oxygens (including phenoxy) is 1. The van der Waals surface area contributed by atoms with Gasteiger partial charge in [-0.2, -0.15) is 0 Å². The summed E-state index contributed by atoms with van der Waals surface area (Å²) >= 11 is 0. The molecule has 1 N–H and O–H groups in total. The average Bonchev–Trinajstić information content (AvgIpc) is 2.74. The van der Waals surface area contributed by atoms with E-state index in [0.717, 1.165) is 12.3 Å². The predicted octanol–water partition coefficient (Wildman–Crippen LogP) is 3.39. The highest BCUT2D eigenvalue weighted by Gasteiger charge is 2.18. The maximum Gasteiger partial charge on any atom is 0.341 e. The molecule has 0 radical (unpaired) electrons. The van der Waals surface area contributed by atoms with E-state index in [0.29, 0.717) is 35.6 Å². The van der Waals surface area contributed by atoms with Crippen molar-refractivity contribution in [1.82, 2.24) is 5.32 Å². The molecule has 0 fully saturated rings. The second-order valence-electron chi connectivity index (χ2n) is 5.96. The number of furan rings is 1. The maximum absolute atomic E-state index is 11.5. The number of aryl methyl sites for hydroxylation is 1. The first kappa shape index (κ1) is 16.8. The molecular weight excluding hydrogens is 254 g/mol. The van der Waals surface area contributed by atoms with Gasteiger partial charge in [-0.15, -0.1) is 0 Å². The second-order valence-corrected chi connectivity index (χ2v) is 5.96. The van der Waals surface area contributed by atoms with Crippen LogP contribution in [0.4, 0.5) is 0 Å². The first-order chi connectivity index (χ1) is 9.36. The van der Waals surface area contributed by atoms with Crippen LogP contribution < -0.4 is 5.32 Å². The molecule has 0 aliphatic heterocycles. The van der Waals surface area contributed by atoms with Crippen LogP contribution in [0.1, 0.15) is 49.6 Å². The van der Waals surface area contributed by atoms with Gasteiger partial charge in [0.1, 0.15) is 17.1 Å². The number of nitrogens with one attached hydrogen (secondary N) is 1. The summed E-state index contributed by atoms with van der Waals surface area (Å²) < 4.78 is 10.3. The Kier molecular flexibility index (Phi) is 6.27. The Balaban J connectivity index is 2.56. The monoisotopic (exact) mass is 281 g/mol. The van der Waals surface area contributed by atoms with Crippen LogP contribution in [0.5, 0.6) is 0 Å². The van der Waals surface area contributed by atoms with Crippen molar-refractivity contribution in [2.24, 2.45) is 17.8 Å². The Morgan fingerprint density at radius 3 is 2.40 bits per heavy atom. The van der Waals surface area contributed by atoms with Crippen LogP contribution in [0, 0.1) is 24.7 Å². The van der Waals surface area contributed by atoms with Crippen LogP contribution in [0.15, 0.2) is 10.5 Å². The molecule has 1 heterocycles. The molecule has 114 valence electrons. The molecule has 20 heavy (non-hydrogen) atoms. The van der Waals surface area contributed by atoms with Crippen molar-refractivity contribution in [2.75, 3.05) is 13.7 Å². The summed E-state index contributed by atoms with van der Waals surface area (Å²) in [5, 5.41) is 3.42. The van der Waals surface area contributed by atoms with Crippen molar-refractivity contribution >= 4 is 5.97 Å². The molecule has 4 heteroatoms. The Labute approximate surface area is 121 Å². The van der Waals surface area contributed by atoms with Crippen molar-refractivity contribution < 1.29 is 13.9 Å². The van der Waals surface area contributed by atoms with Gasteiger partial charge in [-0.25, -0.2) is 4.79 Å². The maximum atomic E-state index is 11.5. The van der Waals surface area contributed by atoms with Crippen molar-refractivity contribution in [2.45, 2.75) is 41.2 Å². The summed E-state index contributed by atoms with van der Waals surface area (Å²) in [5.41, 5.74) is 0.508. The standard InChI is InChI=1S/C16H27NO3/c1-10(2)15(11(3)4)9-17-8-13-7-14(12(5)20-13)16(18)19-6/h7,10-11,15,17H,8-9H2,1-6H3. The summed E-state index contributed by atoms with van der Waals surface area (Å²) in [6, 6.07) is 1.76. The van der Waals surface area contributed by atoms with E-state index in [2.05, 4.69) is 33.0 Å². The lowest BCUT2D eigenvalue weighted by molar-refractivity contribution is 0.0599. The lowest BCUT2D eigenvalue weighted by Crippen LogP contribution is -2.29. The predicted molar refractivity (Wildman–Crippen MR) is 79.7 cm³/mol. The highest BCUT2D eigenvalue weighted by atomic mass is 16.5. The number of methoxy groups -OCH3 is 1. The van der Waals surface area contributed by atoms with Gasteiger partial charge in [-0.3, -0.25) is 0 Å². The summed E-state index contributed by atoms with van der Waals surface area (Å²) in [6.07, 6.45) is 0. The van der Waals surface area contributed by atoms with Crippen LogP contribution in [0.2, 0.25) is 0 Å². The van der Waals surface area contributed by atoms with Gasteiger partial charge in [-0.1, -0.05) is 27.7 Å². The number of rotatable bonds is 7. The molecule has 4 nitrogen and oxygen atoms in total. The minimum Gasteiger partial charge on any atom is -0.465 e. The summed E-state index contributed by atoms with van der Waals surface area (Å²) in [6.45, 7) is 12.4. The molecule has 0 unspecified atom stereocenters. The Morgan fingerprint density at radius 2 is 1.90 bits per heavy atom. The van der Waals surface area contributed by atoms with Crippen LogP contribution in [0.3, 0.4) is 0 Å². The Bertz CT molecular complexity index is 427. The molecule has 0 aliphatic carbocycles. The zero-order valence-electron chi connectivity index (χ0n) is 13.4. The molecule has 0 saturated heterocycles. The van der Waals surface area contributed by atoms with Crippen LogP contribution in [-0.4, -0.2) is 19.6 Å². The van der Waals surface area contributed by atoms with E-state index >= 15 is 0 Å². The van der Waals surface area contributed by atoms with Crippen molar-refractivity contribution in [3.63, 3.8) is 0 Å². The third kappa shape index (κ3) is 4.37. The van der Waals surface area contributed by atoms with E-state index in [4.69, 9.17) is 9.15 Å². The van der Waals surface area contributed by atoms with Crippen molar-refractivity contribution in [3.05, 3.63) is 23.2 Å². The quantitative estimate of drug-likeness (QED) is 0.778. The van der Waals surface area contributed by atoms with E-state index in [1.807, 2.05) is 0 Å². The Morgan fingerprint density at radius 1 is 1.30 bits per heavy atom. The van der Waals surface area contributed by atoms with E-state index in [1.165, 1.54) is 7.11 Å². The first-order valence-corrected chi connectivity index (χ1v) is 7.25. The number of hydrogen-bond acceptors (Lipinski definition) is 4. The van der Waals surface area contributed by atoms with Gasteiger partial charge >= 0.3 is 5.97 Å². The molecule has 0 spiro atoms. The minimum absolute atomic E-state index is 0.347. The van der Waals surface area contributed by atoms with Gasteiger partial charge in [-0.05, 0) is 37.3 Å². The van der Waals surface area contributed by atoms with E-state index in [1.54, 1.807) is 13.0 Å². The summed E-state index contributed by atoms with van der Waals surface area (Å²) in [7, 11) is 1.38. The molecule has 0 aliphatic rings. The zero-order valence-corrected chi connectivity index (χ0v) is 13.4. The van der Waals surface area contributed by atoms with Gasteiger partial charge < -0.3 is 14.5 Å². The Hall–Kier alpha value is -1.29. The van der Waals surface area contributed by atoms with E-state index in [9.17, 15) is 4.79 Å². The first-order valence-electron chi connectivity index (χ1n) is 7.25. The topological polar surface area (TPSA) is 51.5 Å². The number of esters is 1. The van der Waals surface area contributed by atoms with Gasteiger partial charge in [0.2, 0.25) is 0 Å². The molecule has 0 bridgehead atoms. The van der Waals surface area contributed by atoms with Gasteiger partial charge in [0.15, 0.2) is 0 Å². The molecule has 0 saturated carbocycles. The van der Waals surface area contributed by atoms with Gasteiger partial charge in [0.05, 0.1) is 13.7 Å². The summed E-state index contributed by atoms with van der Waals surface area (Å²) in [4.78, 5) is 11.5. The lowest BCUT2D eigenvalue weighted by atomic mass is 9.85. The van der Waals surface area contributed by atoms with Gasteiger partial charge in [0, 0.05) is 0 Å². The van der Waals surface area contributed by atoms with Crippen LogP contribution in [0.25, 0.3) is 0 Å². The molecule has 1 rings (SSSR count). The number of carbonyl (C=O) groups is 1. The fourth-order valence-corrected chi connectivity index (χ4v) is 2.55. The van der Waals surface area contributed by atoms with Crippen molar-refractivity contribution in [1.29, 1.82) is 0 Å². The molecule has 1 aromatic heterocycles. The highest BCUT2D eigenvalue weighted by Crippen LogP contribution is 2.20. The van der Waals surface area contributed by atoms with E-state index < -0.39 is 0 Å². The second kappa shape index (κ2) is 7.48. The molecule has 0 aromatic carbocycles. The minimum atomic E-state index is -0.347. The molecule has 0 amide bonds. The van der Waals surface area contributed by atoms with Crippen LogP contribution >= 0.6 is 0 Å². The largest absolute Gasteiger partial charge is 0.465 e.